The number of dihydropyridines is 1. The third-order valence-corrected chi connectivity index (χ3v) is 6.06. The predicted molar refractivity (Wildman–Crippen MR) is 121 cm³/mol. The van der Waals surface area contributed by atoms with E-state index in [-0.39, 0.29) is 17.8 Å². The summed E-state index contributed by atoms with van der Waals surface area (Å²) in [6, 6.07) is 5.22. The SMILES string of the molecule is COC(=O)[C@@H]1C(=O)C2=C(C[C@@H]1C)NC(C)=C(C(=O)OC(C)C)[C@H]2c1ccc(OC)cc1OC. The molecule has 1 heterocycles. The molecular weight excluding hydrogens is 426 g/mol. The van der Waals surface area contributed by atoms with E-state index in [0.29, 0.717) is 46.0 Å². The molecular formula is C25H31NO7. The second kappa shape index (κ2) is 9.68. The third kappa shape index (κ3) is 4.47. The summed E-state index contributed by atoms with van der Waals surface area (Å²) in [7, 11) is 4.33. The Morgan fingerprint density at radius 3 is 2.39 bits per heavy atom. The zero-order valence-electron chi connectivity index (χ0n) is 20.1. The number of hydrogen-bond donors (Lipinski definition) is 1. The van der Waals surface area contributed by atoms with Crippen LogP contribution in [0.2, 0.25) is 0 Å². The fourth-order valence-corrected chi connectivity index (χ4v) is 4.60. The van der Waals surface area contributed by atoms with Gasteiger partial charge in [-0.2, -0.15) is 0 Å². The summed E-state index contributed by atoms with van der Waals surface area (Å²) in [5.74, 6) is -2.45. The van der Waals surface area contributed by atoms with E-state index in [4.69, 9.17) is 18.9 Å². The molecule has 0 amide bonds. The van der Waals surface area contributed by atoms with Crippen LogP contribution in [0.25, 0.3) is 0 Å². The van der Waals surface area contributed by atoms with Crippen LogP contribution in [0.1, 0.15) is 45.6 Å². The molecule has 1 aliphatic carbocycles. The van der Waals surface area contributed by atoms with Crippen LogP contribution in [0.5, 0.6) is 11.5 Å². The summed E-state index contributed by atoms with van der Waals surface area (Å²) in [4.78, 5) is 39.5. The molecule has 0 saturated carbocycles. The Morgan fingerprint density at radius 1 is 1.12 bits per heavy atom. The van der Waals surface area contributed by atoms with Gasteiger partial charge in [-0.15, -0.1) is 0 Å². The van der Waals surface area contributed by atoms with Crippen molar-refractivity contribution in [3.8, 4) is 11.5 Å². The molecule has 1 aromatic rings. The summed E-state index contributed by atoms with van der Waals surface area (Å²) in [5, 5.41) is 3.24. The zero-order chi connectivity index (χ0) is 24.4. The molecule has 33 heavy (non-hydrogen) atoms. The van der Waals surface area contributed by atoms with Crippen molar-refractivity contribution in [3.63, 3.8) is 0 Å². The Bertz CT molecular complexity index is 1040. The molecule has 1 aliphatic heterocycles. The van der Waals surface area contributed by atoms with Gasteiger partial charge in [0.25, 0.3) is 0 Å². The van der Waals surface area contributed by atoms with E-state index < -0.39 is 23.8 Å². The molecule has 0 radical (unpaired) electrons. The molecule has 3 atom stereocenters. The van der Waals surface area contributed by atoms with Crippen molar-refractivity contribution < 1.29 is 33.3 Å². The van der Waals surface area contributed by atoms with Crippen molar-refractivity contribution in [3.05, 3.63) is 46.3 Å². The molecule has 0 aromatic heterocycles. The lowest BCUT2D eigenvalue weighted by atomic mass is 9.69. The number of carbonyl (C=O) groups excluding carboxylic acids is 3. The third-order valence-electron chi connectivity index (χ3n) is 6.06. The highest BCUT2D eigenvalue weighted by atomic mass is 16.5. The van der Waals surface area contributed by atoms with Crippen LogP contribution >= 0.6 is 0 Å². The van der Waals surface area contributed by atoms with Gasteiger partial charge in [0.15, 0.2) is 5.78 Å². The second-order valence-corrected chi connectivity index (χ2v) is 8.60. The van der Waals surface area contributed by atoms with Crippen LogP contribution in [-0.4, -0.2) is 45.2 Å². The largest absolute Gasteiger partial charge is 0.497 e. The second-order valence-electron chi connectivity index (χ2n) is 8.60. The van der Waals surface area contributed by atoms with Crippen LogP contribution in [-0.2, 0) is 23.9 Å². The number of hydrogen-bond acceptors (Lipinski definition) is 8. The number of carbonyl (C=O) groups is 3. The molecule has 0 bridgehead atoms. The molecule has 3 rings (SSSR count). The van der Waals surface area contributed by atoms with Gasteiger partial charge in [0.2, 0.25) is 0 Å². The van der Waals surface area contributed by atoms with E-state index in [2.05, 4.69) is 5.32 Å². The van der Waals surface area contributed by atoms with Crippen LogP contribution in [0.3, 0.4) is 0 Å². The van der Waals surface area contributed by atoms with E-state index >= 15 is 0 Å². The molecule has 8 heteroatoms. The number of allylic oxidation sites excluding steroid dienone is 3. The molecule has 0 saturated heterocycles. The van der Waals surface area contributed by atoms with E-state index in [1.807, 2.05) is 6.92 Å². The van der Waals surface area contributed by atoms with E-state index in [9.17, 15) is 14.4 Å². The minimum Gasteiger partial charge on any atom is -0.497 e. The highest BCUT2D eigenvalue weighted by molar-refractivity contribution is 6.12. The zero-order valence-corrected chi connectivity index (χ0v) is 20.1. The smallest absolute Gasteiger partial charge is 0.337 e. The standard InChI is InChI=1S/C25H31NO7/c1-12(2)33-25(29)20-14(4)26-17-10-13(3)19(24(28)32-7)23(27)22(17)21(20)16-9-8-15(30-5)11-18(16)31-6/h8-9,11-13,19,21,26H,10H2,1-7H3/t13-,19-,21+/m0/s1. The van der Waals surface area contributed by atoms with Crippen LogP contribution in [0.4, 0.5) is 0 Å². The lowest BCUT2D eigenvalue weighted by molar-refractivity contribution is -0.151. The molecule has 1 aromatic carbocycles. The lowest BCUT2D eigenvalue weighted by Gasteiger charge is -2.38. The van der Waals surface area contributed by atoms with Gasteiger partial charge in [-0.25, -0.2) is 4.79 Å². The van der Waals surface area contributed by atoms with Gasteiger partial charge in [-0.05, 0) is 39.2 Å². The van der Waals surface area contributed by atoms with Crippen molar-refractivity contribution in [2.24, 2.45) is 11.8 Å². The lowest BCUT2D eigenvalue weighted by Crippen LogP contribution is -2.43. The van der Waals surface area contributed by atoms with Gasteiger partial charge in [0.1, 0.15) is 17.4 Å². The first-order chi connectivity index (χ1) is 15.6. The Kier molecular flexibility index (Phi) is 7.15. The number of Topliss-reactive ketones (excluding diaryl/α,β-unsaturated/α-hetero) is 1. The number of esters is 2. The molecule has 8 nitrogen and oxygen atoms in total. The fraction of sp³-hybridized carbons (Fsp3) is 0.480. The predicted octanol–water partition coefficient (Wildman–Crippen LogP) is 3.27. The van der Waals surface area contributed by atoms with Crippen molar-refractivity contribution in [1.82, 2.24) is 5.32 Å². The van der Waals surface area contributed by atoms with Crippen molar-refractivity contribution in [1.29, 1.82) is 0 Å². The highest BCUT2D eigenvalue weighted by Crippen LogP contribution is 2.48. The number of ketones is 1. The molecule has 1 N–H and O–H groups in total. The maximum atomic E-state index is 13.7. The molecule has 0 unspecified atom stereocenters. The Morgan fingerprint density at radius 2 is 1.82 bits per heavy atom. The van der Waals surface area contributed by atoms with E-state index in [1.54, 1.807) is 46.1 Å². The van der Waals surface area contributed by atoms with Gasteiger partial charge in [-0.3, -0.25) is 9.59 Å². The topological polar surface area (TPSA) is 100 Å². The van der Waals surface area contributed by atoms with Gasteiger partial charge < -0.3 is 24.3 Å². The summed E-state index contributed by atoms with van der Waals surface area (Å²) in [6.07, 6.45) is 0.108. The van der Waals surface area contributed by atoms with Crippen LogP contribution in [0.15, 0.2) is 40.7 Å². The Balaban J connectivity index is 2.25. The van der Waals surface area contributed by atoms with E-state index in [0.717, 1.165) is 0 Å². The first kappa shape index (κ1) is 24.4. The normalized spacial score (nSPS) is 22.5. The average molecular weight is 458 g/mol. The molecule has 178 valence electrons. The fourth-order valence-electron chi connectivity index (χ4n) is 4.60. The molecule has 2 aliphatic rings. The van der Waals surface area contributed by atoms with Gasteiger partial charge >= 0.3 is 11.9 Å². The monoisotopic (exact) mass is 457 g/mol. The van der Waals surface area contributed by atoms with Crippen molar-refractivity contribution >= 4 is 17.7 Å². The van der Waals surface area contributed by atoms with Crippen LogP contribution < -0.4 is 14.8 Å². The van der Waals surface area contributed by atoms with Gasteiger partial charge in [0, 0.05) is 28.6 Å². The number of methoxy groups -OCH3 is 3. The quantitative estimate of drug-likeness (QED) is 0.513. The van der Waals surface area contributed by atoms with Crippen LogP contribution in [0, 0.1) is 11.8 Å². The molecule has 0 fully saturated rings. The summed E-state index contributed by atoms with van der Waals surface area (Å²) in [6.45, 7) is 7.15. The number of benzene rings is 1. The average Bonchev–Trinajstić information content (AvgIpc) is 2.76. The Labute approximate surface area is 193 Å². The minimum absolute atomic E-state index is 0.258. The van der Waals surface area contributed by atoms with Crippen molar-refractivity contribution in [2.45, 2.75) is 46.1 Å². The van der Waals surface area contributed by atoms with Gasteiger partial charge in [-0.1, -0.05) is 13.0 Å². The highest BCUT2D eigenvalue weighted by Gasteiger charge is 2.48. The summed E-state index contributed by atoms with van der Waals surface area (Å²) in [5.41, 5.74) is 2.55. The number of rotatable bonds is 6. The first-order valence-electron chi connectivity index (χ1n) is 10.9. The maximum Gasteiger partial charge on any atom is 0.337 e. The van der Waals surface area contributed by atoms with E-state index in [1.165, 1.54) is 14.2 Å². The summed E-state index contributed by atoms with van der Waals surface area (Å²) >= 11 is 0. The number of nitrogens with one attached hydrogen (secondary N) is 1. The maximum absolute atomic E-state index is 13.7. The van der Waals surface area contributed by atoms with Gasteiger partial charge in [0.05, 0.1) is 38.9 Å². The molecule has 0 spiro atoms. The minimum atomic E-state index is -0.955. The number of ether oxygens (including phenoxy) is 4. The summed E-state index contributed by atoms with van der Waals surface area (Å²) < 4.78 is 21.4. The van der Waals surface area contributed by atoms with Crippen molar-refractivity contribution in [2.75, 3.05) is 21.3 Å². The first-order valence-corrected chi connectivity index (χ1v) is 10.9. The Hall–Kier alpha value is -3.29.